The third-order valence-electron chi connectivity index (χ3n) is 17.9. The topological polar surface area (TPSA) is 348 Å². The van der Waals surface area contributed by atoms with Gasteiger partial charge in [0.1, 0.15) is 85.8 Å². The maximum Gasteiger partial charge on any atom is 1.00 e. The Morgan fingerprint density at radius 3 is 1.38 bits per heavy atom. The number of nitrogens with one attached hydrogen (secondary N) is 1. The van der Waals surface area contributed by atoms with Crippen molar-refractivity contribution in [1.82, 2.24) is 78.0 Å². The van der Waals surface area contributed by atoms with Crippen LogP contribution in [0.3, 0.4) is 0 Å². The van der Waals surface area contributed by atoms with Gasteiger partial charge in [0.15, 0.2) is 5.65 Å². The smallest absolute Gasteiger partial charge is 0.463 e. The number of pyridine rings is 3. The van der Waals surface area contributed by atoms with Crippen molar-refractivity contribution in [3.63, 3.8) is 0 Å². The van der Waals surface area contributed by atoms with Crippen LogP contribution in [0.15, 0.2) is 221 Å². The fraction of sp³-hybridized carbons (Fsp3) is 0.230. The Bertz CT molecular complexity index is 6230. The largest absolute Gasteiger partial charge is 1.00 e. The number of aryl methyl sites for hydroxylation is 1. The summed E-state index contributed by atoms with van der Waals surface area (Å²) in [5, 5.41) is 38.6. The average Bonchev–Trinajstić information content (AvgIpc) is 1.65. The van der Waals surface area contributed by atoms with Crippen LogP contribution in [0.5, 0.6) is 17.2 Å². The number of benzene rings is 6. The number of aromatic amines is 1. The fourth-order valence-corrected chi connectivity index (χ4v) is 13.7. The summed E-state index contributed by atoms with van der Waals surface area (Å²) in [6, 6.07) is 38.8. The normalized spacial score (nSPS) is 10.2. The van der Waals surface area contributed by atoms with E-state index in [-0.39, 0.29) is 176 Å². The number of carboxylic acids is 1. The summed E-state index contributed by atoms with van der Waals surface area (Å²) in [7, 11) is 8.72. The van der Waals surface area contributed by atoms with Crippen molar-refractivity contribution in [3.05, 3.63) is 251 Å². The van der Waals surface area contributed by atoms with E-state index in [1.54, 1.807) is 72.3 Å². The van der Waals surface area contributed by atoms with E-state index in [1.165, 1.54) is 28.6 Å². The summed E-state index contributed by atoms with van der Waals surface area (Å²) in [5.74, 6) is 3.91. The summed E-state index contributed by atoms with van der Waals surface area (Å²) in [6.45, 7) is 20.4. The van der Waals surface area contributed by atoms with E-state index >= 15 is 0 Å². The number of carboxylic acid groups (broad SMARTS) is 1. The van der Waals surface area contributed by atoms with Gasteiger partial charge in [0.2, 0.25) is 0 Å². The number of fused-ring (bicyclic) bond motifs is 18. The van der Waals surface area contributed by atoms with Crippen LogP contribution < -0.4 is 157 Å². The van der Waals surface area contributed by atoms with Crippen molar-refractivity contribution in [3.8, 4) is 39.9 Å². The molecule has 11 heterocycles. The number of rotatable bonds is 12. The number of methoxy groups -OCH3 is 3. The predicted octanol–water partition coefficient (Wildman–Crippen LogP) is 15.1. The molecule has 1 radical (unpaired) electrons. The summed E-state index contributed by atoms with van der Waals surface area (Å²) in [5.41, 5.74) is 15.2. The molecule has 38 heteroatoms. The zero-order valence-electron chi connectivity index (χ0n) is 72.1. The molecular weight excluding hydrogens is 2120 g/mol. The molecule has 27 nitrogen and oxygen atoms in total. The molecule has 125 heavy (non-hydrogen) atoms. The molecule has 17 aromatic rings. The zero-order chi connectivity index (χ0) is 89.3. The molecule has 0 aliphatic rings. The number of H-pyrrole nitrogens is 1. The van der Waals surface area contributed by atoms with Gasteiger partial charge in [-0.25, -0.2) is 65.1 Å². The number of halogens is 6. The maximum atomic E-state index is 9.96. The molecule has 0 aliphatic heterocycles. The van der Waals surface area contributed by atoms with Crippen molar-refractivity contribution in [2.45, 2.75) is 108 Å². The summed E-state index contributed by atoms with van der Waals surface area (Å²) >= 11 is 13.1. The van der Waals surface area contributed by atoms with Gasteiger partial charge in [-0.1, -0.05) is 130 Å². The number of aromatic nitrogens is 16. The van der Waals surface area contributed by atoms with Crippen molar-refractivity contribution < 1.29 is 197 Å². The van der Waals surface area contributed by atoms with E-state index < -0.39 is 20.2 Å². The summed E-state index contributed by atoms with van der Waals surface area (Å²) < 4.78 is 57.9. The van der Waals surface area contributed by atoms with E-state index in [1.807, 2.05) is 125 Å². The van der Waals surface area contributed by atoms with Crippen LogP contribution in [-0.2, 0) is 14.5 Å². The second kappa shape index (κ2) is 57.7. The molecule has 0 bridgehead atoms. The van der Waals surface area contributed by atoms with E-state index in [4.69, 9.17) is 41.7 Å². The van der Waals surface area contributed by atoms with Crippen molar-refractivity contribution >= 4 is 193 Å². The number of imidazole rings is 4. The molecule has 0 unspecified atom stereocenters. The number of alkyl halides is 1. The van der Waals surface area contributed by atoms with Gasteiger partial charge < -0.3 is 43.6 Å². The maximum absolute atomic E-state index is 9.96. The molecule has 11 aromatic heterocycles. The van der Waals surface area contributed by atoms with Gasteiger partial charge in [0.25, 0.3) is 7.40 Å². The molecule has 0 saturated heterocycles. The van der Waals surface area contributed by atoms with E-state index in [9.17, 15) is 18.8 Å². The number of carbonyl (C=O) groups excluding carboxylic acids is 1. The van der Waals surface area contributed by atoms with E-state index in [0.717, 1.165) is 148 Å². The summed E-state index contributed by atoms with van der Waals surface area (Å²) in [4.78, 5) is 75.9. The van der Waals surface area contributed by atoms with Crippen LogP contribution in [0.2, 0.25) is 0 Å². The van der Waals surface area contributed by atoms with Crippen LogP contribution in [-0.4, -0.2) is 154 Å². The van der Waals surface area contributed by atoms with E-state index in [0.29, 0.717) is 29.1 Å². The molecule has 0 saturated carbocycles. The Morgan fingerprint density at radius 2 is 0.984 bits per heavy atom. The van der Waals surface area contributed by atoms with Gasteiger partial charge in [-0.05, 0) is 183 Å². The first-order chi connectivity index (χ1) is 58.8. The molecule has 5 N–H and O–H groups in total. The molecule has 17 rings (SSSR count). The van der Waals surface area contributed by atoms with Crippen LogP contribution in [0, 0.1) is 14.1 Å². The quantitative estimate of drug-likeness (QED) is 0.00967. The number of hydrogen-bond donors (Lipinski definition) is 6. The predicted molar refractivity (Wildman–Crippen MR) is 507 cm³/mol. The SMILES string of the molecule is Br.Brc1cncnc1Br.C.C.CC(=O)O.CC(C)c1cccc(C(C)C)c1B(O)O.COc1ccc2c3cncnc3n3c(-c4c(C(C)C)cccc4C(C)C)cnc3c2c1.COc1ccc2c3cncnc3n3c(Br)cnc3c2c1.COc1ccc2c3cncnc3n3ccnc3c2c1.Cc1cccc(-c2ncc[nH]2)c1.[2H]CF.[2H]OOC=O.[B]=NS.[CH2-]F.[Cs+].[Cs+]. The monoisotopic (exact) mass is 2220 g/mol. The first-order valence-electron chi connectivity index (χ1n) is 37.6. The standard InChI is InChI=1S/C26H26N4O.C14H9BrN4O.C14H10N4O.C12H19BO2.C10H10N2.C4H2Br2N2.C2H4O2.CH3F.CH2F.CH2O3.2CH4.BHNS.BrH.2Cs/c1-15(2)18-7-6-8-19(16(3)4)24(18)23-13-28-25-21-11-17(31-5)9-10-20(21)22-12-27-14-29-26(22)30(23)25;1-20-8-2-3-9-10(4-8)13-17-6-12(15)19(13)14-11(9)5-16-7-18-14;1-19-9-2-3-10-11(6-9)13-16-4-5-18(13)14-12(10)7-15-8-17-14;1-8(2)10-6-5-7-11(9(3)4)12(10)13(14)15;1-8-3-2-4-9(7-8)10-11-5-6-12-10;5-3-1-7-2-8-4(3)6;1-2(3)4;2*1-2;2-1-4-3;;;1-2-3;;;/h6-16H,1-5H3;2-7H,1H3;2-8H,1H3;5-9,14-15H,1-4H3;2-7H,1H3,(H,11,12);1-2H;1H3,(H,3,4);1H3;1H2;1,3H;2*1H4;3H;1H;;/q;;;;;;;;-1;;;;;;2*+1/i;;;;;;;1D;;;;;;;;/hD. The van der Waals surface area contributed by atoms with Gasteiger partial charge >= 0.3 is 176 Å². The minimum Gasteiger partial charge on any atom is -0.463 e. The number of nitrogens with zero attached hydrogens (tertiary/aromatic N) is 16. The minimum absolute atomic E-state index is 0. The Balaban J connectivity index is 0.000000510. The molecule has 645 valence electrons. The van der Waals surface area contributed by atoms with Gasteiger partial charge in [-0.2, -0.15) is 7.18 Å². The van der Waals surface area contributed by atoms with E-state index in [2.05, 4.69) is 241 Å². The first-order valence-corrected chi connectivity index (χ1v) is 39.2. The third kappa shape index (κ3) is 29.7. The molecule has 6 aromatic carbocycles. The molecule has 0 aliphatic carbocycles. The van der Waals surface area contributed by atoms with Crippen molar-refractivity contribution in [2.75, 3.05) is 28.5 Å². The fourth-order valence-electron chi connectivity index (χ4n) is 12.9. The van der Waals surface area contributed by atoms with Gasteiger partial charge in [0, 0.05) is 99.9 Å². The molecule has 0 atom stereocenters. The zero-order valence-corrected chi connectivity index (χ0v) is 90.0. The Kier molecular flexibility index (Phi) is 50.9. The van der Waals surface area contributed by atoms with Crippen LogP contribution in [0.1, 0.15) is 130 Å². The third-order valence-corrected chi connectivity index (χ3v) is 20.2. The van der Waals surface area contributed by atoms with Crippen molar-refractivity contribution in [2.24, 2.45) is 4.30 Å². The first kappa shape index (κ1) is 110. The van der Waals surface area contributed by atoms with Crippen molar-refractivity contribution in [1.29, 1.82) is 1.43 Å². The summed E-state index contributed by atoms with van der Waals surface area (Å²) in [6.07, 6.45) is 24.4. The molecule has 0 fully saturated rings. The average molecular weight is 2220 g/mol. The van der Waals surface area contributed by atoms with Gasteiger partial charge in [-0.15, -0.1) is 17.0 Å². The number of ether oxygens (including phenoxy) is 3. The number of carbonyl (C=O) groups is 2. The minimum atomic E-state index is -1.37. The molecular formula is C87H97B2Br4Cs2F2N17O10S+. The molecule has 0 amide bonds. The number of hydrogen-bond acceptors (Lipinski definition) is 23. The number of aliphatic carboxylic acids is 1. The van der Waals surface area contributed by atoms with Gasteiger partial charge in [0.05, 0.1) is 52.4 Å². The Morgan fingerprint density at radius 1 is 0.584 bits per heavy atom. The molecule has 0 spiro atoms. The van der Waals surface area contributed by atoms with Gasteiger partial charge in [-0.3, -0.25) is 27.2 Å². The Hall–Kier alpha value is -7.14. The second-order valence-electron chi connectivity index (χ2n) is 26.6. The van der Waals surface area contributed by atoms with Crippen LogP contribution in [0.25, 0.3) is 106 Å². The Labute approximate surface area is 888 Å². The second-order valence-corrected chi connectivity index (χ2v) is 29.3. The number of thiol groups is 1. The van der Waals surface area contributed by atoms with Crippen LogP contribution in [0.4, 0.5) is 8.78 Å². The van der Waals surface area contributed by atoms with Crippen LogP contribution >= 0.6 is 77.6 Å².